The van der Waals surface area contributed by atoms with Gasteiger partial charge in [0.15, 0.2) is 5.13 Å². The van der Waals surface area contributed by atoms with Crippen LogP contribution in [0.2, 0.25) is 0 Å². The molecule has 2 aromatic rings. The Hall–Kier alpha value is -2.46. The number of thiazole rings is 1. The Morgan fingerprint density at radius 1 is 1.29 bits per heavy atom. The van der Waals surface area contributed by atoms with Crippen molar-refractivity contribution in [1.82, 2.24) is 14.9 Å². The molecule has 0 atom stereocenters. The van der Waals surface area contributed by atoms with Gasteiger partial charge in [0.25, 0.3) is 0 Å². The molecule has 150 valence electrons. The van der Waals surface area contributed by atoms with Crippen LogP contribution in [0.1, 0.15) is 18.2 Å². The van der Waals surface area contributed by atoms with Gasteiger partial charge in [0, 0.05) is 38.5 Å². The number of benzene rings is 1. The zero-order valence-corrected chi connectivity index (χ0v) is 16.3. The number of amides is 1. The number of hydrogen-bond acceptors (Lipinski definition) is 6. The molecule has 0 spiro atoms. The second kappa shape index (κ2) is 8.27. The number of halogens is 3. The van der Waals surface area contributed by atoms with Crippen molar-refractivity contribution < 1.29 is 18.0 Å². The molecule has 0 bridgehead atoms. The summed E-state index contributed by atoms with van der Waals surface area (Å²) in [6.07, 6.45) is -2.88. The number of aromatic nitrogens is 1. The fourth-order valence-electron chi connectivity index (χ4n) is 2.74. The summed E-state index contributed by atoms with van der Waals surface area (Å²) in [6, 6.07) is 4.64. The van der Waals surface area contributed by atoms with Gasteiger partial charge in [-0.15, -0.1) is 11.3 Å². The van der Waals surface area contributed by atoms with Crippen LogP contribution in [0.4, 0.5) is 24.0 Å². The summed E-state index contributed by atoms with van der Waals surface area (Å²) in [4.78, 5) is 19.9. The highest BCUT2D eigenvalue weighted by molar-refractivity contribution is 7.14. The van der Waals surface area contributed by atoms with Gasteiger partial charge in [0.05, 0.1) is 23.2 Å². The fraction of sp³-hybridized carbons (Fsp3) is 0.389. The molecule has 1 aromatic carbocycles. The molecular weight excluding hydrogens is 391 g/mol. The van der Waals surface area contributed by atoms with E-state index in [0.717, 1.165) is 38.3 Å². The minimum atomic E-state index is -4.48. The standard InChI is InChI=1S/C18H20F3N5OS/c1-13(27)26(16-5-3-4-14(10-16)18(19,20)21)17-23-15(12-28-17)11-22-25-8-6-24(2)7-9-25/h3-5,10-12H,6-9H2,1-2H3/b22-11-. The van der Waals surface area contributed by atoms with Crippen LogP contribution >= 0.6 is 11.3 Å². The SMILES string of the molecule is CC(=O)N(c1cccc(C(F)(F)F)c1)c1nc(/C=N\N2CCN(C)CC2)cs1. The maximum absolute atomic E-state index is 13.0. The topological polar surface area (TPSA) is 52.0 Å². The summed E-state index contributed by atoms with van der Waals surface area (Å²) in [7, 11) is 2.05. The van der Waals surface area contributed by atoms with E-state index in [1.165, 1.54) is 35.3 Å². The zero-order valence-electron chi connectivity index (χ0n) is 15.5. The molecule has 0 radical (unpaired) electrons. The predicted molar refractivity (Wildman–Crippen MR) is 103 cm³/mol. The largest absolute Gasteiger partial charge is 0.416 e. The van der Waals surface area contributed by atoms with Crippen LogP contribution in [0.15, 0.2) is 34.7 Å². The Balaban J connectivity index is 1.80. The third-order valence-corrected chi connectivity index (χ3v) is 5.12. The Morgan fingerprint density at radius 2 is 2.00 bits per heavy atom. The van der Waals surface area contributed by atoms with Gasteiger partial charge in [0.1, 0.15) is 0 Å². The number of carbonyl (C=O) groups excluding carboxylic acids is 1. The van der Waals surface area contributed by atoms with E-state index in [1.807, 2.05) is 5.01 Å². The number of carbonyl (C=O) groups is 1. The first-order chi connectivity index (χ1) is 13.2. The lowest BCUT2D eigenvalue weighted by Gasteiger charge is -2.30. The van der Waals surface area contributed by atoms with Gasteiger partial charge in [-0.1, -0.05) is 6.07 Å². The first kappa shape index (κ1) is 20.3. The van der Waals surface area contributed by atoms with E-state index in [4.69, 9.17) is 0 Å². The summed E-state index contributed by atoms with van der Waals surface area (Å²) < 4.78 is 39.0. The molecule has 2 heterocycles. The van der Waals surface area contributed by atoms with E-state index >= 15 is 0 Å². The van der Waals surface area contributed by atoms with Crippen molar-refractivity contribution in [1.29, 1.82) is 0 Å². The van der Waals surface area contributed by atoms with Gasteiger partial charge in [-0.05, 0) is 25.2 Å². The molecule has 10 heteroatoms. The molecule has 1 amide bonds. The molecule has 1 aliphatic heterocycles. The Morgan fingerprint density at radius 3 is 2.64 bits per heavy atom. The van der Waals surface area contributed by atoms with Crippen LogP contribution in [0.25, 0.3) is 0 Å². The second-order valence-corrected chi connectivity index (χ2v) is 7.30. The Kier molecular flexibility index (Phi) is 5.99. The Labute approximate surface area is 164 Å². The van der Waals surface area contributed by atoms with E-state index in [-0.39, 0.29) is 5.69 Å². The lowest BCUT2D eigenvalue weighted by Crippen LogP contribution is -2.41. The smallest absolute Gasteiger partial charge is 0.303 e. The van der Waals surface area contributed by atoms with Crippen LogP contribution < -0.4 is 4.90 Å². The molecule has 0 N–H and O–H groups in total. The number of hydrogen-bond donors (Lipinski definition) is 0. The maximum atomic E-state index is 13.0. The monoisotopic (exact) mass is 411 g/mol. The number of rotatable bonds is 4. The van der Waals surface area contributed by atoms with Crippen molar-refractivity contribution in [3.8, 4) is 0 Å². The van der Waals surface area contributed by atoms with E-state index in [1.54, 1.807) is 11.6 Å². The van der Waals surface area contributed by atoms with Crippen molar-refractivity contribution in [2.45, 2.75) is 13.1 Å². The van der Waals surface area contributed by atoms with Crippen molar-refractivity contribution in [2.24, 2.45) is 5.10 Å². The number of piperazine rings is 1. The molecule has 1 aromatic heterocycles. The molecule has 0 saturated carbocycles. The van der Waals surface area contributed by atoms with Crippen LogP contribution in [-0.4, -0.2) is 60.2 Å². The molecule has 1 saturated heterocycles. The van der Waals surface area contributed by atoms with E-state index in [0.29, 0.717) is 10.8 Å². The molecule has 1 aliphatic rings. The summed E-state index contributed by atoms with van der Waals surface area (Å²) in [5.41, 5.74) is -0.138. The summed E-state index contributed by atoms with van der Waals surface area (Å²) in [5, 5.41) is 8.36. The van der Waals surface area contributed by atoms with Gasteiger partial charge in [-0.3, -0.25) is 14.7 Å². The fourth-order valence-corrected chi connectivity index (χ4v) is 3.58. The van der Waals surface area contributed by atoms with Crippen LogP contribution in [0.3, 0.4) is 0 Å². The quantitative estimate of drug-likeness (QED) is 0.724. The molecule has 6 nitrogen and oxygen atoms in total. The minimum Gasteiger partial charge on any atom is -0.303 e. The summed E-state index contributed by atoms with van der Waals surface area (Å²) in [5.74, 6) is -0.420. The minimum absolute atomic E-state index is 0.124. The third kappa shape index (κ3) is 4.87. The number of anilines is 2. The van der Waals surface area contributed by atoms with Gasteiger partial charge in [0.2, 0.25) is 5.91 Å². The molecule has 1 fully saturated rings. The number of alkyl halides is 3. The summed E-state index contributed by atoms with van der Waals surface area (Å²) >= 11 is 1.18. The van der Waals surface area contributed by atoms with Crippen LogP contribution in [0, 0.1) is 0 Å². The first-order valence-corrected chi connectivity index (χ1v) is 9.53. The highest BCUT2D eigenvalue weighted by Crippen LogP contribution is 2.34. The normalized spacial score (nSPS) is 16.0. The van der Waals surface area contributed by atoms with Crippen LogP contribution in [-0.2, 0) is 11.0 Å². The van der Waals surface area contributed by atoms with Crippen molar-refractivity contribution in [3.05, 3.63) is 40.9 Å². The number of likely N-dealkylation sites (N-methyl/N-ethyl adjacent to an activating group) is 1. The second-order valence-electron chi connectivity index (χ2n) is 6.46. The number of nitrogens with zero attached hydrogens (tertiary/aromatic N) is 5. The molecule has 28 heavy (non-hydrogen) atoms. The highest BCUT2D eigenvalue weighted by atomic mass is 32.1. The molecule has 0 aliphatic carbocycles. The first-order valence-electron chi connectivity index (χ1n) is 8.65. The third-order valence-electron chi connectivity index (χ3n) is 4.28. The molecule has 3 rings (SSSR count). The number of hydrazone groups is 1. The zero-order chi connectivity index (χ0) is 20.3. The van der Waals surface area contributed by atoms with Crippen molar-refractivity contribution in [2.75, 3.05) is 38.1 Å². The lowest BCUT2D eigenvalue weighted by molar-refractivity contribution is -0.137. The van der Waals surface area contributed by atoms with E-state index in [2.05, 4.69) is 22.0 Å². The lowest BCUT2D eigenvalue weighted by atomic mass is 10.2. The van der Waals surface area contributed by atoms with E-state index < -0.39 is 17.6 Å². The van der Waals surface area contributed by atoms with Crippen LogP contribution in [0.5, 0.6) is 0 Å². The average molecular weight is 411 g/mol. The van der Waals surface area contributed by atoms with Gasteiger partial charge in [-0.2, -0.15) is 18.3 Å². The maximum Gasteiger partial charge on any atom is 0.416 e. The summed E-state index contributed by atoms with van der Waals surface area (Å²) in [6.45, 7) is 4.77. The Bertz CT molecular complexity index is 859. The van der Waals surface area contributed by atoms with Crippen molar-refractivity contribution >= 4 is 34.3 Å². The van der Waals surface area contributed by atoms with Gasteiger partial charge >= 0.3 is 6.18 Å². The molecular formula is C18H20F3N5OS. The predicted octanol–water partition coefficient (Wildman–Crippen LogP) is 3.43. The van der Waals surface area contributed by atoms with Gasteiger partial charge in [-0.25, -0.2) is 4.98 Å². The molecule has 0 unspecified atom stereocenters. The average Bonchev–Trinajstić information content (AvgIpc) is 3.09. The van der Waals surface area contributed by atoms with E-state index in [9.17, 15) is 18.0 Å². The van der Waals surface area contributed by atoms with Crippen molar-refractivity contribution in [3.63, 3.8) is 0 Å². The highest BCUT2D eigenvalue weighted by Gasteiger charge is 2.31. The van der Waals surface area contributed by atoms with Gasteiger partial charge < -0.3 is 4.90 Å².